The van der Waals surface area contributed by atoms with Gasteiger partial charge in [-0.25, -0.2) is 8.42 Å². The third kappa shape index (κ3) is 3.37. The standard InChI is InChI=1S/C20H18ClNO3S/c1-20(2,26(24,25)17-9-7-16(21)8-10-17)19(23)12-14-11-15-5-3-4-6-18(15)22-13-14/h3-11,13H,12H2,1-2H3. The molecule has 0 aliphatic carbocycles. The van der Waals surface area contributed by atoms with Gasteiger partial charge in [-0.3, -0.25) is 9.78 Å². The average molecular weight is 388 g/mol. The predicted octanol–water partition coefficient (Wildman–Crippen LogP) is 4.25. The number of aromatic nitrogens is 1. The quantitative estimate of drug-likeness (QED) is 0.656. The minimum Gasteiger partial charge on any atom is -0.298 e. The van der Waals surface area contributed by atoms with Gasteiger partial charge >= 0.3 is 0 Å². The van der Waals surface area contributed by atoms with Gasteiger partial charge in [-0.15, -0.1) is 0 Å². The van der Waals surface area contributed by atoms with Crippen molar-refractivity contribution >= 4 is 38.1 Å². The van der Waals surface area contributed by atoms with Gasteiger partial charge in [0.15, 0.2) is 15.6 Å². The van der Waals surface area contributed by atoms with Crippen LogP contribution in [0.3, 0.4) is 0 Å². The molecule has 0 aliphatic rings. The van der Waals surface area contributed by atoms with Crippen LogP contribution >= 0.6 is 11.6 Å². The summed E-state index contributed by atoms with van der Waals surface area (Å²) in [5.41, 5.74) is 1.52. The summed E-state index contributed by atoms with van der Waals surface area (Å²) in [6.07, 6.45) is 1.61. The Bertz CT molecular complexity index is 1070. The van der Waals surface area contributed by atoms with E-state index >= 15 is 0 Å². The van der Waals surface area contributed by atoms with Gasteiger partial charge in [-0.05, 0) is 55.8 Å². The first-order valence-electron chi connectivity index (χ1n) is 8.09. The van der Waals surface area contributed by atoms with Crippen LogP contribution in [0.25, 0.3) is 10.9 Å². The number of sulfone groups is 1. The normalized spacial score (nSPS) is 12.3. The summed E-state index contributed by atoms with van der Waals surface area (Å²) in [6, 6.07) is 15.3. The summed E-state index contributed by atoms with van der Waals surface area (Å²) in [4.78, 5) is 17.2. The minimum atomic E-state index is -3.85. The number of halogens is 1. The third-order valence-corrected chi connectivity index (χ3v) is 7.20. The summed E-state index contributed by atoms with van der Waals surface area (Å²) in [5.74, 6) is -0.385. The lowest BCUT2D eigenvalue weighted by Crippen LogP contribution is -2.41. The second-order valence-electron chi connectivity index (χ2n) is 6.60. The molecule has 0 unspecified atom stereocenters. The van der Waals surface area contributed by atoms with Crippen LogP contribution in [-0.2, 0) is 21.1 Å². The van der Waals surface area contributed by atoms with Crippen molar-refractivity contribution in [1.82, 2.24) is 4.98 Å². The second-order valence-corrected chi connectivity index (χ2v) is 9.54. The number of ketones is 1. The zero-order chi connectivity index (χ0) is 18.9. The fourth-order valence-corrected chi connectivity index (χ4v) is 4.25. The van der Waals surface area contributed by atoms with Crippen LogP contribution in [0.5, 0.6) is 0 Å². The second kappa shape index (κ2) is 6.82. The van der Waals surface area contributed by atoms with Gasteiger partial charge in [-0.2, -0.15) is 0 Å². The van der Waals surface area contributed by atoms with Crippen LogP contribution in [0.15, 0.2) is 65.7 Å². The van der Waals surface area contributed by atoms with E-state index in [1.807, 2.05) is 30.3 Å². The number of pyridine rings is 1. The fourth-order valence-electron chi connectivity index (χ4n) is 2.67. The Kier molecular flexibility index (Phi) is 4.86. The van der Waals surface area contributed by atoms with E-state index in [9.17, 15) is 13.2 Å². The summed E-state index contributed by atoms with van der Waals surface area (Å²) in [7, 11) is -3.85. The van der Waals surface area contributed by atoms with Crippen LogP contribution < -0.4 is 0 Å². The zero-order valence-corrected chi connectivity index (χ0v) is 16.0. The Hall–Kier alpha value is -2.24. The van der Waals surface area contributed by atoms with Gasteiger partial charge in [0.05, 0.1) is 10.4 Å². The Labute approximate surface area is 157 Å². The number of Topliss-reactive ketones (excluding diaryl/α,β-unsaturated/α-hetero) is 1. The molecule has 0 saturated heterocycles. The lowest BCUT2D eigenvalue weighted by atomic mass is 10.0. The number of rotatable bonds is 5. The first kappa shape index (κ1) is 18.5. The van der Waals surface area contributed by atoms with Crippen molar-refractivity contribution in [2.24, 2.45) is 0 Å². The lowest BCUT2D eigenvalue weighted by Gasteiger charge is -2.23. The number of fused-ring (bicyclic) bond motifs is 1. The molecule has 0 N–H and O–H groups in total. The smallest absolute Gasteiger partial charge is 0.190 e. The molecule has 0 spiro atoms. The summed E-state index contributed by atoms with van der Waals surface area (Å²) < 4.78 is 24.3. The van der Waals surface area contributed by atoms with Crippen LogP contribution in [0.2, 0.25) is 5.02 Å². The molecule has 0 bridgehead atoms. The highest BCUT2D eigenvalue weighted by Gasteiger charge is 2.42. The number of benzene rings is 2. The van der Waals surface area contributed by atoms with Gasteiger partial charge in [0.25, 0.3) is 0 Å². The van der Waals surface area contributed by atoms with Crippen molar-refractivity contribution in [2.75, 3.05) is 0 Å². The van der Waals surface area contributed by atoms with E-state index in [0.717, 1.165) is 10.9 Å². The van der Waals surface area contributed by atoms with Crippen molar-refractivity contribution in [3.8, 4) is 0 Å². The molecule has 2 aromatic carbocycles. The number of para-hydroxylation sites is 1. The molecule has 0 amide bonds. The average Bonchev–Trinajstić information content (AvgIpc) is 2.61. The Balaban J connectivity index is 1.90. The van der Waals surface area contributed by atoms with Crippen molar-refractivity contribution < 1.29 is 13.2 Å². The minimum absolute atomic E-state index is 0.00233. The molecule has 3 aromatic rings. The molecule has 1 aromatic heterocycles. The molecule has 0 fully saturated rings. The Morgan fingerprint density at radius 2 is 1.73 bits per heavy atom. The molecule has 0 aliphatic heterocycles. The number of carbonyl (C=O) groups is 1. The number of nitrogens with zero attached hydrogens (tertiary/aromatic N) is 1. The molecular formula is C20H18ClNO3S. The molecule has 0 saturated carbocycles. The highest BCUT2D eigenvalue weighted by Crippen LogP contribution is 2.28. The van der Waals surface area contributed by atoms with Gasteiger partial charge in [0.1, 0.15) is 4.75 Å². The van der Waals surface area contributed by atoms with Crippen molar-refractivity contribution in [1.29, 1.82) is 0 Å². The van der Waals surface area contributed by atoms with Gasteiger partial charge < -0.3 is 0 Å². The maximum Gasteiger partial charge on any atom is 0.190 e. The van der Waals surface area contributed by atoms with Crippen molar-refractivity contribution in [3.63, 3.8) is 0 Å². The van der Waals surface area contributed by atoms with Crippen LogP contribution in [-0.4, -0.2) is 23.9 Å². The number of carbonyl (C=O) groups excluding carboxylic acids is 1. The molecular weight excluding hydrogens is 370 g/mol. The van der Waals surface area contributed by atoms with Crippen LogP contribution in [0.4, 0.5) is 0 Å². The molecule has 0 radical (unpaired) electrons. The molecule has 1 heterocycles. The fraction of sp³-hybridized carbons (Fsp3) is 0.200. The van der Waals surface area contributed by atoms with Gasteiger partial charge in [0, 0.05) is 23.0 Å². The van der Waals surface area contributed by atoms with Crippen molar-refractivity contribution in [2.45, 2.75) is 29.9 Å². The molecule has 26 heavy (non-hydrogen) atoms. The van der Waals surface area contributed by atoms with Gasteiger partial charge in [-0.1, -0.05) is 29.8 Å². The monoisotopic (exact) mass is 387 g/mol. The van der Waals surface area contributed by atoms with Crippen molar-refractivity contribution in [3.05, 3.63) is 71.4 Å². The topological polar surface area (TPSA) is 64.1 Å². The Morgan fingerprint density at radius 1 is 1.08 bits per heavy atom. The highest BCUT2D eigenvalue weighted by molar-refractivity contribution is 7.93. The lowest BCUT2D eigenvalue weighted by molar-refractivity contribution is -0.120. The zero-order valence-electron chi connectivity index (χ0n) is 14.4. The van der Waals surface area contributed by atoms with Gasteiger partial charge in [0.2, 0.25) is 0 Å². The maximum atomic E-state index is 12.9. The van der Waals surface area contributed by atoms with E-state index in [2.05, 4.69) is 4.98 Å². The molecule has 3 rings (SSSR count). The highest BCUT2D eigenvalue weighted by atomic mass is 35.5. The summed E-state index contributed by atoms with van der Waals surface area (Å²) in [5, 5.41) is 1.35. The number of hydrogen-bond acceptors (Lipinski definition) is 4. The van der Waals surface area contributed by atoms with E-state index < -0.39 is 14.6 Å². The first-order valence-corrected chi connectivity index (χ1v) is 9.95. The maximum absolute atomic E-state index is 12.9. The van der Waals surface area contributed by atoms with E-state index in [1.165, 1.54) is 38.1 Å². The van der Waals surface area contributed by atoms with Crippen LogP contribution in [0.1, 0.15) is 19.4 Å². The summed E-state index contributed by atoms with van der Waals surface area (Å²) in [6.45, 7) is 2.88. The SMILES string of the molecule is CC(C)(C(=O)Cc1cnc2ccccc2c1)S(=O)(=O)c1ccc(Cl)cc1. The van der Waals surface area contributed by atoms with E-state index in [4.69, 9.17) is 11.6 Å². The number of hydrogen-bond donors (Lipinski definition) is 0. The van der Waals surface area contributed by atoms with E-state index in [1.54, 1.807) is 6.20 Å². The molecule has 134 valence electrons. The first-order chi connectivity index (χ1) is 12.2. The molecule has 6 heteroatoms. The van der Waals surface area contributed by atoms with E-state index in [-0.39, 0.29) is 17.1 Å². The molecule has 4 nitrogen and oxygen atoms in total. The van der Waals surface area contributed by atoms with Crippen LogP contribution in [0, 0.1) is 0 Å². The summed E-state index contributed by atoms with van der Waals surface area (Å²) >= 11 is 5.82. The molecule has 0 atom stereocenters. The van der Waals surface area contributed by atoms with E-state index in [0.29, 0.717) is 10.6 Å². The predicted molar refractivity (Wildman–Crippen MR) is 103 cm³/mol. The largest absolute Gasteiger partial charge is 0.298 e. The third-order valence-electron chi connectivity index (χ3n) is 4.48. The Morgan fingerprint density at radius 3 is 2.42 bits per heavy atom.